The van der Waals surface area contributed by atoms with E-state index in [1.165, 1.54) is 0 Å². The third-order valence-electron chi connectivity index (χ3n) is 6.52. The summed E-state index contributed by atoms with van der Waals surface area (Å²) in [6, 6.07) is 7.36. The zero-order chi connectivity index (χ0) is 20.4. The van der Waals surface area contributed by atoms with Crippen molar-refractivity contribution in [2.45, 2.75) is 51.1 Å². The predicted octanol–water partition coefficient (Wildman–Crippen LogP) is 3.28. The highest BCUT2D eigenvalue weighted by atomic mass is 32.1. The largest absolute Gasteiger partial charge is 0.497 e. The molecule has 0 spiro atoms. The maximum atomic E-state index is 13.3. The molecule has 0 aliphatic carbocycles. The summed E-state index contributed by atoms with van der Waals surface area (Å²) in [5.74, 6) is 0.747. The molecule has 2 aliphatic rings. The topological polar surface area (TPSA) is 71.5 Å². The minimum atomic E-state index is -0.500. The second-order valence-corrected chi connectivity index (χ2v) is 8.61. The number of carbonyl (C=O) groups excluding carboxylic acids is 2. The smallest absolute Gasteiger partial charge is 0.254 e. The van der Waals surface area contributed by atoms with Crippen LogP contribution in [0.1, 0.15) is 48.7 Å². The van der Waals surface area contributed by atoms with Crippen LogP contribution in [-0.2, 0) is 11.2 Å². The van der Waals surface area contributed by atoms with E-state index in [2.05, 4.69) is 17.2 Å². The molecule has 1 aromatic carbocycles. The zero-order valence-corrected chi connectivity index (χ0v) is 17.7. The fraction of sp³-hybridized carbons (Fsp3) is 0.500. The van der Waals surface area contributed by atoms with Crippen molar-refractivity contribution in [3.63, 3.8) is 0 Å². The van der Waals surface area contributed by atoms with Crippen LogP contribution in [0.5, 0.6) is 5.75 Å². The van der Waals surface area contributed by atoms with E-state index in [9.17, 15) is 9.59 Å². The van der Waals surface area contributed by atoms with E-state index in [-0.39, 0.29) is 23.9 Å². The van der Waals surface area contributed by atoms with Gasteiger partial charge in [-0.15, -0.1) is 11.3 Å². The third-order valence-corrected chi connectivity index (χ3v) is 7.16. The quantitative estimate of drug-likeness (QED) is 0.756. The van der Waals surface area contributed by atoms with Crippen molar-refractivity contribution in [3.8, 4) is 5.75 Å². The Bertz CT molecular complexity index is 885. The molecule has 29 heavy (non-hydrogen) atoms. The lowest BCUT2D eigenvalue weighted by Crippen LogP contribution is -2.50. The lowest BCUT2D eigenvalue weighted by atomic mass is 9.71. The Labute approximate surface area is 175 Å². The highest BCUT2D eigenvalue weighted by Crippen LogP contribution is 2.52. The van der Waals surface area contributed by atoms with Crippen LogP contribution in [0.25, 0.3) is 0 Å². The highest BCUT2D eigenvalue weighted by Gasteiger charge is 2.60. The number of amides is 2. The summed E-state index contributed by atoms with van der Waals surface area (Å²) in [7, 11) is 1.60. The van der Waals surface area contributed by atoms with Gasteiger partial charge in [-0.1, -0.05) is 13.0 Å². The van der Waals surface area contributed by atoms with E-state index < -0.39 is 5.41 Å². The van der Waals surface area contributed by atoms with Crippen molar-refractivity contribution in [1.82, 2.24) is 15.2 Å². The SMILES string of the molecule is CC[C@@]1(C(=O)NCCc2cscn2)C[C@@H]2CC[C@H]1N2C(=O)c1cccc(OC)c1. The number of aromatic nitrogens is 1. The van der Waals surface area contributed by atoms with Crippen molar-refractivity contribution in [1.29, 1.82) is 0 Å². The molecule has 2 bridgehead atoms. The molecule has 6 nitrogen and oxygen atoms in total. The van der Waals surface area contributed by atoms with Crippen LogP contribution in [0, 0.1) is 5.41 Å². The molecule has 154 valence electrons. The first-order valence-corrected chi connectivity index (χ1v) is 11.2. The molecule has 2 aliphatic heterocycles. The Balaban J connectivity index is 1.49. The van der Waals surface area contributed by atoms with Gasteiger partial charge in [0, 0.05) is 36.0 Å². The van der Waals surface area contributed by atoms with Crippen molar-refractivity contribution >= 4 is 23.2 Å². The van der Waals surface area contributed by atoms with Crippen molar-refractivity contribution in [2.24, 2.45) is 5.41 Å². The Morgan fingerprint density at radius 3 is 2.97 bits per heavy atom. The number of ether oxygens (including phenoxy) is 1. The Morgan fingerprint density at radius 1 is 1.38 bits per heavy atom. The van der Waals surface area contributed by atoms with Crippen LogP contribution in [0.4, 0.5) is 0 Å². The molecule has 4 rings (SSSR count). The van der Waals surface area contributed by atoms with E-state index in [4.69, 9.17) is 4.74 Å². The minimum Gasteiger partial charge on any atom is -0.497 e. The molecule has 2 amide bonds. The summed E-state index contributed by atoms with van der Waals surface area (Å²) in [6.07, 6.45) is 4.06. The average Bonchev–Trinajstić information content (AvgIpc) is 3.48. The van der Waals surface area contributed by atoms with Crippen LogP contribution in [0.15, 0.2) is 35.2 Å². The molecule has 0 radical (unpaired) electrons. The molecule has 0 unspecified atom stereocenters. The molecule has 1 N–H and O–H groups in total. The van der Waals surface area contributed by atoms with Gasteiger partial charge < -0.3 is 15.0 Å². The molecule has 0 saturated carbocycles. The van der Waals surface area contributed by atoms with Crippen LogP contribution >= 0.6 is 11.3 Å². The number of carbonyl (C=O) groups is 2. The van der Waals surface area contributed by atoms with Gasteiger partial charge in [0.25, 0.3) is 5.91 Å². The predicted molar refractivity (Wildman–Crippen MR) is 112 cm³/mol. The van der Waals surface area contributed by atoms with Crippen molar-refractivity contribution in [3.05, 3.63) is 46.4 Å². The van der Waals surface area contributed by atoms with E-state index in [1.807, 2.05) is 34.0 Å². The van der Waals surface area contributed by atoms with Crippen molar-refractivity contribution in [2.75, 3.05) is 13.7 Å². The molecule has 2 aromatic rings. The van der Waals surface area contributed by atoms with Gasteiger partial charge in [0.1, 0.15) is 5.75 Å². The Morgan fingerprint density at radius 2 is 2.24 bits per heavy atom. The zero-order valence-electron chi connectivity index (χ0n) is 16.9. The van der Waals surface area contributed by atoms with Gasteiger partial charge in [0.05, 0.1) is 23.7 Å². The number of benzene rings is 1. The van der Waals surface area contributed by atoms with E-state index in [0.29, 0.717) is 17.9 Å². The van der Waals surface area contributed by atoms with Gasteiger partial charge in [0.2, 0.25) is 5.91 Å². The molecular formula is C22H27N3O3S. The molecule has 2 saturated heterocycles. The highest BCUT2D eigenvalue weighted by molar-refractivity contribution is 7.07. The first-order valence-electron chi connectivity index (χ1n) is 10.2. The summed E-state index contributed by atoms with van der Waals surface area (Å²) >= 11 is 1.56. The number of thiazole rings is 1. The second-order valence-electron chi connectivity index (χ2n) is 7.89. The summed E-state index contributed by atoms with van der Waals surface area (Å²) in [4.78, 5) is 32.8. The number of nitrogens with zero attached hydrogens (tertiary/aromatic N) is 2. The average molecular weight is 414 g/mol. The van der Waals surface area contributed by atoms with E-state index >= 15 is 0 Å². The summed E-state index contributed by atoms with van der Waals surface area (Å²) in [6.45, 7) is 2.64. The second kappa shape index (κ2) is 8.14. The molecule has 3 atom stereocenters. The van der Waals surface area contributed by atoms with Crippen molar-refractivity contribution < 1.29 is 14.3 Å². The lowest BCUT2D eigenvalue weighted by Gasteiger charge is -2.35. The summed E-state index contributed by atoms with van der Waals surface area (Å²) in [5, 5.41) is 5.13. The maximum Gasteiger partial charge on any atom is 0.254 e. The van der Waals surface area contributed by atoms with Gasteiger partial charge >= 0.3 is 0 Å². The maximum absolute atomic E-state index is 13.3. The van der Waals surface area contributed by atoms with E-state index in [0.717, 1.165) is 37.8 Å². The fourth-order valence-electron chi connectivity index (χ4n) is 5.02. The van der Waals surface area contributed by atoms with Crippen LogP contribution < -0.4 is 10.1 Å². The number of methoxy groups -OCH3 is 1. The first kappa shape index (κ1) is 19.9. The van der Waals surface area contributed by atoms with Gasteiger partial charge in [-0.2, -0.15) is 0 Å². The normalized spacial score (nSPS) is 25.2. The third kappa shape index (κ3) is 3.52. The number of hydrogen-bond acceptors (Lipinski definition) is 5. The summed E-state index contributed by atoms with van der Waals surface area (Å²) < 4.78 is 5.27. The number of hydrogen-bond donors (Lipinski definition) is 1. The van der Waals surface area contributed by atoms with Gasteiger partial charge in [-0.05, 0) is 43.9 Å². The van der Waals surface area contributed by atoms with Gasteiger partial charge in [-0.25, -0.2) is 4.98 Å². The van der Waals surface area contributed by atoms with Gasteiger partial charge in [0.15, 0.2) is 0 Å². The monoisotopic (exact) mass is 413 g/mol. The standard InChI is InChI=1S/C22H27N3O3S/c1-3-22(21(27)23-10-9-16-13-29-14-24-16)12-17-7-8-19(22)25(17)20(26)15-5-4-6-18(11-15)28-2/h4-6,11,13-14,17,19H,3,7-10,12H2,1-2H3,(H,23,27)/t17-,19+,22+/m0/s1. The minimum absolute atomic E-state index is 0.00185. The molecule has 2 fully saturated rings. The summed E-state index contributed by atoms with van der Waals surface area (Å²) in [5.41, 5.74) is 2.93. The van der Waals surface area contributed by atoms with E-state index in [1.54, 1.807) is 24.5 Å². The van der Waals surface area contributed by atoms with Crippen LogP contribution in [0.3, 0.4) is 0 Å². The molecule has 1 aromatic heterocycles. The Hall–Kier alpha value is -2.41. The number of fused-ring (bicyclic) bond motifs is 2. The lowest BCUT2D eigenvalue weighted by molar-refractivity contribution is -0.132. The fourth-order valence-corrected chi connectivity index (χ4v) is 5.61. The van der Waals surface area contributed by atoms with Crippen LogP contribution in [0.2, 0.25) is 0 Å². The van der Waals surface area contributed by atoms with Gasteiger partial charge in [-0.3, -0.25) is 9.59 Å². The molecule has 7 heteroatoms. The first-order chi connectivity index (χ1) is 14.1. The number of nitrogens with one attached hydrogen (secondary N) is 1. The number of rotatable bonds is 7. The van der Waals surface area contributed by atoms with Crippen LogP contribution in [-0.4, -0.2) is 47.4 Å². The molecule has 3 heterocycles. The Kier molecular flexibility index (Phi) is 5.58. The molecular weight excluding hydrogens is 386 g/mol.